The first-order valence-corrected chi connectivity index (χ1v) is 20.6. The van der Waals surface area contributed by atoms with Gasteiger partial charge >= 0.3 is 0 Å². The van der Waals surface area contributed by atoms with Crippen molar-refractivity contribution in [2.24, 2.45) is 0 Å². The van der Waals surface area contributed by atoms with Crippen molar-refractivity contribution in [3.05, 3.63) is 128 Å². The molecule has 3 aliphatic rings. The number of benzene rings is 1. The first-order chi connectivity index (χ1) is 27.5. The van der Waals surface area contributed by atoms with Crippen LogP contribution in [0.25, 0.3) is 28.1 Å². The number of nitrogens with zero attached hydrogens (tertiary/aromatic N) is 8. The lowest BCUT2D eigenvalue weighted by Gasteiger charge is -2.44. The molecule has 0 bridgehead atoms. The summed E-state index contributed by atoms with van der Waals surface area (Å²) in [6.07, 6.45) is 19.4. The second-order valence-corrected chi connectivity index (χ2v) is 14.8. The average molecular weight is 752 g/mol. The highest BCUT2D eigenvalue weighted by molar-refractivity contribution is 5.81. The Bertz CT molecular complexity index is 2030. The Morgan fingerprint density at radius 2 is 1.70 bits per heavy atom. The molecule has 1 aromatic carbocycles. The number of aromatic nitrogens is 5. The van der Waals surface area contributed by atoms with E-state index >= 15 is 0 Å². The van der Waals surface area contributed by atoms with Gasteiger partial charge in [-0.3, -0.25) is 9.47 Å². The Kier molecular flexibility index (Phi) is 14.2. The quantitative estimate of drug-likeness (QED) is 0.142. The SMILES string of the molecule is C=CCCC(C=C)N1CCCc2c(C3CCC(N4CCN(c5ccc(-n6ccc7nnc(-c8ccccc8)cc76)nc5)C(=C)C4)CC3)ccnc21.CC.CNC. The minimum absolute atomic E-state index is 0.310. The molecule has 4 aromatic heterocycles. The minimum atomic E-state index is 0.310. The van der Waals surface area contributed by atoms with Crippen LogP contribution in [0.5, 0.6) is 0 Å². The van der Waals surface area contributed by atoms with Gasteiger partial charge in [-0.1, -0.05) is 62.9 Å². The first kappa shape index (κ1) is 40.5. The van der Waals surface area contributed by atoms with Gasteiger partial charge in [0.1, 0.15) is 17.2 Å². The third kappa shape index (κ3) is 8.95. The highest BCUT2D eigenvalue weighted by Gasteiger charge is 2.33. The summed E-state index contributed by atoms with van der Waals surface area (Å²) in [5, 5.41) is 11.7. The van der Waals surface area contributed by atoms with Crippen LogP contribution in [0.2, 0.25) is 0 Å². The lowest BCUT2D eigenvalue weighted by molar-refractivity contribution is 0.153. The molecule has 6 heterocycles. The van der Waals surface area contributed by atoms with Crippen LogP contribution in [0, 0.1) is 0 Å². The molecule has 1 aliphatic carbocycles. The van der Waals surface area contributed by atoms with E-state index in [-0.39, 0.29) is 0 Å². The van der Waals surface area contributed by atoms with Crippen molar-refractivity contribution in [1.29, 1.82) is 0 Å². The molecule has 2 aliphatic heterocycles. The molecule has 0 radical (unpaired) electrons. The fourth-order valence-electron chi connectivity index (χ4n) is 8.65. The van der Waals surface area contributed by atoms with Crippen molar-refractivity contribution in [2.75, 3.05) is 50.1 Å². The van der Waals surface area contributed by atoms with Crippen molar-refractivity contribution >= 4 is 22.5 Å². The third-order valence-corrected chi connectivity index (χ3v) is 11.3. The third-order valence-electron chi connectivity index (χ3n) is 11.3. The number of hydrogen-bond donors (Lipinski definition) is 1. The number of fused-ring (bicyclic) bond motifs is 2. The van der Waals surface area contributed by atoms with E-state index in [1.807, 2.05) is 76.9 Å². The van der Waals surface area contributed by atoms with Crippen LogP contribution in [-0.2, 0) is 6.42 Å². The van der Waals surface area contributed by atoms with Crippen LogP contribution in [-0.4, -0.2) is 82.0 Å². The van der Waals surface area contributed by atoms with Gasteiger partial charge in [0.25, 0.3) is 0 Å². The number of allylic oxidation sites excluding steroid dienone is 1. The molecular formula is C47H61N9. The summed E-state index contributed by atoms with van der Waals surface area (Å²) >= 11 is 0. The fourth-order valence-corrected chi connectivity index (χ4v) is 8.65. The molecular weight excluding hydrogens is 691 g/mol. The summed E-state index contributed by atoms with van der Waals surface area (Å²) in [5.41, 5.74) is 8.99. The summed E-state index contributed by atoms with van der Waals surface area (Å²) in [4.78, 5) is 17.3. The number of nitrogens with one attached hydrogen (secondary N) is 1. The number of anilines is 2. The zero-order valence-electron chi connectivity index (χ0n) is 34.1. The highest BCUT2D eigenvalue weighted by atomic mass is 15.3. The van der Waals surface area contributed by atoms with E-state index in [9.17, 15) is 0 Å². The van der Waals surface area contributed by atoms with E-state index in [0.29, 0.717) is 18.0 Å². The highest BCUT2D eigenvalue weighted by Crippen LogP contribution is 2.41. The Labute approximate surface area is 334 Å². The van der Waals surface area contributed by atoms with E-state index in [1.54, 1.807) is 0 Å². The second-order valence-electron chi connectivity index (χ2n) is 14.8. The number of piperazine rings is 1. The maximum Gasteiger partial charge on any atom is 0.137 e. The van der Waals surface area contributed by atoms with Gasteiger partial charge in [-0.05, 0) is 113 Å². The van der Waals surface area contributed by atoms with Gasteiger partial charge in [0.05, 0.1) is 23.1 Å². The lowest BCUT2D eigenvalue weighted by Crippen LogP contribution is -2.49. The van der Waals surface area contributed by atoms with Gasteiger partial charge in [-0.25, -0.2) is 9.97 Å². The van der Waals surface area contributed by atoms with Gasteiger partial charge in [-0.2, -0.15) is 0 Å². The zero-order valence-corrected chi connectivity index (χ0v) is 34.1. The predicted octanol–water partition coefficient (Wildman–Crippen LogP) is 9.37. The number of pyridine rings is 2. The standard InChI is InChI=1S/C43H48N8.C2H7N.C2H6/c1-4-6-13-34(5-2)50-24-10-14-38-37(21-23-44-43(38)50)32-15-17-35(18-16-32)48-26-27-49(31(3)30-48)36-19-20-42(45-29-36)51-25-22-39-41(51)28-40(47-46-39)33-11-8-7-9-12-33;1-3-2;1-2/h4-5,7-9,11-12,19-23,25,28-29,32,34-35H,1-3,6,10,13-18,24,26-27,30H2;3H,1-2H3;1-2H3. The second kappa shape index (κ2) is 19.6. The normalized spacial score (nSPS) is 18.9. The summed E-state index contributed by atoms with van der Waals surface area (Å²) in [6.45, 7) is 20.5. The van der Waals surface area contributed by atoms with E-state index in [4.69, 9.17) is 9.97 Å². The monoisotopic (exact) mass is 752 g/mol. The van der Waals surface area contributed by atoms with Gasteiger partial charge < -0.3 is 15.1 Å². The van der Waals surface area contributed by atoms with Gasteiger partial charge in [0.15, 0.2) is 0 Å². The molecule has 8 rings (SSSR count). The van der Waals surface area contributed by atoms with Crippen LogP contribution in [0.1, 0.15) is 75.8 Å². The number of rotatable bonds is 10. The number of hydrogen-bond acceptors (Lipinski definition) is 8. The molecule has 0 amide bonds. The molecule has 2 fully saturated rings. The Morgan fingerprint density at radius 1 is 0.911 bits per heavy atom. The minimum Gasteiger partial charge on any atom is -0.350 e. The molecule has 9 heteroatoms. The van der Waals surface area contributed by atoms with Gasteiger partial charge in [0, 0.05) is 61.9 Å². The summed E-state index contributed by atoms with van der Waals surface area (Å²) in [5.74, 6) is 2.66. The van der Waals surface area contributed by atoms with Crippen molar-refractivity contribution < 1.29 is 0 Å². The smallest absolute Gasteiger partial charge is 0.137 e. The van der Waals surface area contributed by atoms with E-state index < -0.39 is 0 Å². The lowest BCUT2D eigenvalue weighted by atomic mass is 9.78. The maximum atomic E-state index is 4.92. The molecule has 0 spiro atoms. The van der Waals surface area contributed by atoms with Gasteiger partial charge in [0.2, 0.25) is 0 Å². The predicted molar refractivity (Wildman–Crippen MR) is 235 cm³/mol. The summed E-state index contributed by atoms with van der Waals surface area (Å²) < 4.78 is 2.09. The largest absolute Gasteiger partial charge is 0.350 e. The van der Waals surface area contributed by atoms with Crippen molar-refractivity contribution in [1.82, 2.24) is 34.9 Å². The van der Waals surface area contributed by atoms with Gasteiger partial charge in [-0.15, -0.1) is 23.4 Å². The molecule has 56 heavy (non-hydrogen) atoms. The molecule has 1 atom stereocenters. The Hall–Kier alpha value is -5.12. The first-order valence-electron chi connectivity index (χ1n) is 20.6. The summed E-state index contributed by atoms with van der Waals surface area (Å²) in [7, 11) is 3.75. The molecule has 1 saturated carbocycles. The van der Waals surface area contributed by atoms with E-state index in [0.717, 1.165) is 84.9 Å². The molecule has 9 nitrogen and oxygen atoms in total. The van der Waals surface area contributed by atoms with Crippen LogP contribution >= 0.6 is 0 Å². The fraction of sp³-hybridized carbons (Fsp3) is 0.404. The maximum absolute atomic E-state index is 4.92. The molecule has 1 unspecified atom stereocenters. The summed E-state index contributed by atoms with van der Waals surface area (Å²) in [6, 6.07) is 21.7. The van der Waals surface area contributed by atoms with Crippen molar-refractivity contribution in [3.63, 3.8) is 0 Å². The molecule has 1 saturated heterocycles. The van der Waals surface area contributed by atoms with E-state index in [2.05, 4.69) is 97.0 Å². The Balaban J connectivity index is 0.00000102. The Morgan fingerprint density at radius 3 is 2.39 bits per heavy atom. The molecule has 1 N–H and O–H groups in total. The van der Waals surface area contributed by atoms with E-state index in [1.165, 1.54) is 49.0 Å². The molecule has 5 aromatic rings. The van der Waals surface area contributed by atoms with Crippen molar-refractivity contribution in [3.8, 4) is 17.1 Å². The van der Waals surface area contributed by atoms with Crippen LogP contribution in [0.3, 0.4) is 0 Å². The zero-order chi connectivity index (χ0) is 39.4. The molecule has 294 valence electrons. The van der Waals surface area contributed by atoms with Crippen LogP contribution < -0.4 is 15.1 Å². The van der Waals surface area contributed by atoms with Crippen LogP contribution in [0.15, 0.2) is 117 Å². The average Bonchev–Trinajstić information content (AvgIpc) is 3.69. The van der Waals surface area contributed by atoms with Crippen LogP contribution in [0.4, 0.5) is 11.5 Å². The van der Waals surface area contributed by atoms with Crippen molar-refractivity contribution in [2.45, 2.75) is 83.2 Å². The topological polar surface area (TPSA) is 78.2 Å².